The van der Waals surface area contributed by atoms with E-state index in [-0.39, 0.29) is 5.82 Å². The maximum Gasteiger partial charge on any atom is 0.376 e. The van der Waals surface area contributed by atoms with Gasteiger partial charge in [-0.15, -0.1) is 10.2 Å². The molecule has 6 heteroatoms. The third-order valence-electron chi connectivity index (χ3n) is 1.59. The average Bonchev–Trinajstić information content (AvgIpc) is 2.61. The molecule has 0 unspecified atom stereocenters. The molecule has 0 amide bonds. The lowest BCUT2D eigenvalue weighted by atomic mass is 10.5. The monoisotopic (exact) mass is 184 g/mol. The number of nitrogens with one attached hydrogen (secondary N) is 1. The minimum Gasteiger partial charge on any atom is -0.463 e. The molecule has 1 rings (SSSR count). The lowest BCUT2D eigenvalue weighted by Gasteiger charge is -2.03. The Balaban J connectivity index is 2.71. The van der Waals surface area contributed by atoms with Crippen LogP contribution in [0.25, 0.3) is 0 Å². The zero-order chi connectivity index (χ0) is 9.68. The van der Waals surface area contributed by atoms with Gasteiger partial charge in [-0.1, -0.05) is 0 Å². The fourth-order valence-electron chi connectivity index (χ4n) is 0.900. The van der Waals surface area contributed by atoms with E-state index in [1.54, 1.807) is 4.57 Å². The zero-order valence-electron chi connectivity index (χ0n) is 7.65. The molecule has 1 heterocycles. The third kappa shape index (κ3) is 2.25. The van der Waals surface area contributed by atoms with E-state index < -0.39 is 5.97 Å². The molecule has 0 spiro atoms. The Kier molecular flexibility index (Phi) is 3.39. The first-order valence-electron chi connectivity index (χ1n) is 3.90. The van der Waals surface area contributed by atoms with Crippen molar-refractivity contribution in [2.45, 2.75) is 6.54 Å². The maximum absolute atomic E-state index is 11.1. The summed E-state index contributed by atoms with van der Waals surface area (Å²) < 4.78 is 6.17. The van der Waals surface area contributed by atoms with E-state index in [4.69, 9.17) is 0 Å². The molecule has 0 aliphatic rings. The highest BCUT2D eigenvalue weighted by Crippen LogP contribution is 1.96. The summed E-state index contributed by atoms with van der Waals surface area (Å²) in [6.07, 6.45) is 1.50. The van der Waals surface area contributed by atoms with Gasteiger partial charge in [-0.05, 0) is 7.05 Å². The molecule has 0 aliphatic carbocycles. The van der Waals surface area contributed by atoms with Crippen LogP contribution in [0, 0.1) is 0 Å². The second kappa shape index (κ2) is 4.56. The summed E-state index contributed by atoms with van der Waals surface area (Å²) >= 11 is 0. The van der Waals surface area contributed by atoms with Crippen molar-refractivity contribution < 1.29 is 9.53 Å². The van der Waals surface area contributed by atoms with Crippen molar-refractivity contribution in [1.82, 2.24) is 20.1 Å². The van der Waals surface area contributed by atoms with Gasteiger partial charge in [-0.2, -0.15) is 0 Å². The number of likely N-dealkylation sites (N-methyl/N-ethyl adjacent to an activating group) is 1. The van der Waals surface area contributed by atoms with Crippen LogP contribution in [-0.4, -0.2) is 41.4 Å². The Morgan fingerprint density at radius 3 is 3.15 bits per heavy atom. The molecule has 6 nitrogen and oxygen atoms in total. The first kappa shape index (κ1) is 9.66. The van der Waals surface area contributed by atoms with E-state index in [2.05, 4.69) is 20.3 Å². The van der Waals surface area contributed by atoms with Crippen molar-refractivity contribution in [2.24, 2.45) is 0 Å². The number of nitrogens with zero attached hydrogens (tertiary/aromatic N) is 3. The molecular weight excluding hydrogens is 172 g/mol. The van der Waals surface area contributed by atoms with Crippen LogP contribution in [0.4, 0.5) is 0 Å². The molecule has 0 aliphatic heterocycles. The highest BCUT2D eigenvalue weighted by Gasteiger charge is 2.13. The van der Waals surface area contributed by atoms with Gasteiger partial charge < -0.3 is 14.6 Å². The summed E-state index contributed by atoms with van der Waals surface area (Å²) in [7, 11) is 3.15. The number of methoxy groups -OCH3 is 1. The van der Waals surface area contributed by atoms with Gasteiger partial charge in [0.15, 0.2) is 0 Å². The van der Waals surface area contributed by atoms with Crippen molar-refractivity contribution in [1.29, 1.82) is 0 Å². The summed E-state index contributed by atoms with van der Waals surface area (Å²) in [5, 5.41) is 10.2. The number of ether oxygens (including phenoxy) is 1. The minimum atomic E-state index is -0.464. The molecular formula is C7H12N4O2. The van der Waals surface area contributed by atoms with Gasteiger partial charge in [0.2, 0.25) is 5.82 Å². The van der Waals surface area contributed by atoms with Crippen LogP contribution in [-0.2, 0) is 11.3 Å². The molecule has 0 saturated carbocycles. The first-order chi connectivity index (χ1) is 6.29. The average molecular weight is 184 g/mol. The highest BCUT2D eigenvalue weighted by atomic mass is 16.5. The van der Waals surface area contributed by atoms with Crippen LogP contribution in [0.2, 0.25) is 0 Å². The lowest BCUT2D eigenvalue weighted by Crippen LogP contribution is -2.18. The van der Waals surface area contributed by atoms with Crippen LogP contribution in [0.3, 0.4) is 0 Å². The van der Waals surface area contributed by atoms with Gasteiger partial charge in [0.1, 0.15) is 6.33 Å². The predicted octanol–water partition coefficient (Wildman–Crippen LogP) is -0.716. The molecule has 0 fully saturated rings. The van der Waals surface area contributed by atoms with E-state index in [9.17, 15) is 4.79 Å². The highest BCUT2D eigenvalue weighted by molar-refractivity contribution is 5.85. The van der Waals surface area contributed by atoms with E-state index >= 15 is 0 Å². The summed E-state index contributed by atoms with van der Waals surface area (Å²) in [5.41, 5.74) is 0. The minimum absolute atomic E-state index is 0.234. The van der Waals surface area contributed by atoms with Crippen LogP contribution < -0.4 is 5.32 Å². The second-order valence-electron chi connectivity index (χ2n) is 2.44. The van der Waals surface area contributed by atoms with Crippen molar-refractivity contribution in [3.8, 4) is 0 Å². The van der Waals surface area contributed by atoms with Crippen molar-refractivity contribution >= 4 is 5.97 Å². The molecule has 1 aromatic rings. The number of carbonyl (C=O) groups is 1. The van der Waals surface area contributed by atoms with Gasteiger partial charge in [0.05, 0.1) is 7.11 Å². The molecule has 1 aromatic heterocycles. The number of rotatable bonds is 4. The van der Waals surface area contributed by atoms with Crippen molar-refractivity contribution in [3.05, 3.63) is 12.2 Å². The molecule has 1 N–H and O–H groups in total. The van der Waals surface area contributed by atoms with Gasteiger partial charge in [0.25, 0.3) is 0 Å². The van der Waals surface area contributed by atoms with Crippen molar-refractivity contribution in [2.75, 3.05) is 20.7 Å². The predicted molar refractivity (Wildman–Crippen MR) is 45.3 cm³/mol. The Labute approximate surface area is 75.9 Å². The molecule has 0 bridgehead atoms. The SMILES string of the molecule is CNCCn1cnnc1C(=O)OC. The third-order valence-corrected chi connectivity index (χ3v) is 1.59. The van der Waals surface area contributed by atoms with Crippen LogP contribution in [0.5, 0.6) is 0 Å². The number of hydrogen-bond acceptors (Lipinski definition) is 5. The zero-order valence-corrected chi connectivity index (χ0v) is 7.65. The first-order valence-corrected chi connectivity index (χ1v) is 3.90. The number of hydrogen-bond donors (Lipinski definition) is 1. The Bertz CT molecular complexity index is 284. The van der Waals surface area contributed by atoms with Gasteiger partial charge in [-0.25, -0.2) is 4.79 Å². The van der Waals surface area contributed by atoms with Crippen LogP contribution >= 0.6 is 0 Å². The summed E-state index contributed by atoms with van der Waals surface area (Å²) in [6, 6.07) is 0. The van der Waals surface area contributed by atoms with Crippen molar-refractivity contribution in [3.63, 3.8) is 0 Å². The fraction of sp³-hybridized carbons (Fsp3) is 0.571. The normalized spacial score (nSPS) is 10.0. The Hall–Kier alpha value is -1.43. The number of esters is 1. The van der Waals surface area contributed by atoms with Gasteiger partial charge in [-0.3, -0.25) is 0 Å². The van der Waals surface area contributed by atoms with Crippen LogP contribution in [0.15, 0.2) is 6.33 Å². The standard InChI is InChI=1S/C7H12N4O2/c1-8-3-4-11-5-9-10-6(11)7(12)13-2/h5,8H,3-4H2,1-2H3. The summed E-state index contributed by atoms with van der Waals surface area (Å²) in [5.74, 6) is -0.230. The van der Waals surface area contributed by atoms with Crippen LogP contribution in [0.1, 0.15) is 10.6 Å². The Morgan fingerprint density at radius 2 is 2.54 bits per heavy atom. The molecule has 0 radical (unpaired) electrons. The van der Waals surface area contributed by atoms with E-state index in [1.165, 1.54) is 13.4 Å². The summed E-state index contributed by atoms with van der Waals surface area (Å²) in [4.78, 5) is 11.1. The van der Waals surface area contributed by atoms with E-state index in [0.717, 1.165) is 6.54 Å². The molecule has 13 heavy (non-hydrogen) atoms. The van der Waals surface area contributed by atoms with Gasteiger partial charge in [0, 0.05) is 13.1 Å². The van der Waals surface area contributed by atoms with Gasteiger partial charge >= 0.3 is 5.97 Å². The number of aromatic nitrogens is 3. The number of carbonyl (C=O) groups excluding carboxylic acids is 1. The molecule has 72 valence electrons. The maximum atomic E-state index is 11.1. The second-order valence-corrected chi connectivity index (χ2v) is 2.44. The molecule has 0 atom stereocenters. The smallest absolute Gasteiger partial charge is 0.376 e. The summed E-state index contributed by atoms with van der Waals surface area (Å²) in [6.45, 7) is 1.40. The van der Waals surface area contributed by atoms with E-state index in [1.807, 2.05) is 7.05 Å². The Morgan fingerprint density at radius 1 is 1.77 bits per heavy atom. The van der Waals surface area contributed by atoms with E-state index in [0.29, 0.717) is 6.54 Å². The molecule has 0 aromatic carbocycles. The lowest BCUT2D eigenvalue weighted by molar-refractivity contribution is 0.0580. The quantitative estimate of drug-likeness (QED) is 0.626. The fourth-order valence-corrected chi connectivity index (χ4v) is 0.900. The topological polar surface area (TPSA) is 69.0 Å². The molecule has 0 saturated heterocycles. The largest absolute Gasteiger partial charge is 0.463 e.